The summed E-state index contributed by atoms with van der Waals surface area (Å²) in [4.78, 5) is 23.6. The number of hydrogen-bond acceptors (Lipinski definition) is 2. The Morgan fingerprint density at radius 3 is 2.12 bits per heavy atom. The van der Waals surface area contributed by atoms with E-state index in [9.17, 15) is 9.59 Å². The van der Waals surface area contributed by atoms with E-state index in [0.29, 0.717) is 16.5 Å². The van der Waals surface area contributed by atoms with Crippen LogP contribution in [-0.2, 0) is 16.0 Å². The summed E-state index contributed by atoms with van der Waals surface area (Å²) in [6.45, 7) is 3.75. The van der Waals surface area contributed by atoms with Crippen LogP contribution in [0.2, 0.25) is 10.0 Å². The normalized spacial score (nSPS) is 13.6. The van der Waals surface area contributed by atoms with Crippen molar-refractivity contribution in [3.05, 3.63) is 94.0 Å². The largest absolute Gasteiger partial charge is 0.481 e. The van der Waals surface area contributed by atoms with E-state index in [0.717, 1.165) is 22.3 Å². The van der Waals surface area contributed by atoms with Crippen LogP contribution in [0.4, 0.5) is 0 Å². The van der Waals surface area contributed by atoms with Crippen molar-refractivity contribution in [2.24, 2.45) is 5.92 Å². The van der Waals surface area contributed by atoms with Crippen molar-refractivity contribution in [2.45, 2.75) is 45.1 Å². The number of carboxylic acids is 1. The highest BCUT2D eigenvalue weighted by Gasteiger charge is 2.23. The van der Waals surface area contributed by atoms with E-state index in [1.165, 1.54) is 0 Å². The molecule has 0 aliphatic rings. The lowest BCUT2D eigenvalue weighted by atomic mass is 9.85. The minimum Gasteiger partial charge on any atom is -0.481 e. The molecule has 0 spiro atoms. The average Bonchev–Trinajstić information content (AvgIpc) is 2.79. The zero-order valence-corrected chi connectivity index (χ0v) is 20.8. The van der Waals surface area contributed by atoms with Gasteiger partial charge in [0, 0.05) is 24.8 Å². The molecule has 2 N–H and O–H groups in total. The van der Waals surface area contributed by atoms with Crippen LogP contribution in [0.1, 0.15) is 43.7 Å². The molecule has 0 fully saturated rings. The summed E-state index contributed by atoms with van der Waals surface area (Å²) < 4.78 is 0. The molecule has 34 heavy (non-hydrogen) atoms. The molecule has 0 aliphatic heterocycles. The Morgan fingerprint density at radius 1 is 0.853 bits per heavy atom. The summed E-state index contributed by atoms with van der Waals surface area (Å²) in [7, 11) is 0. The topological polar surface area (TPSA) is 66.4 Å². The Kier molecular flexibility index (Phi) is 9.14. The smallest absolute Gasteiger partial charge is 0.303 e. The quantitative estimate of drug-likeness (QED) is 0.317. The van der Waals surface area contributed by atoms with Gasteiger partial charge in [0.2, 0.25) is 5.91 Å². The van der Waals surface area contributed by atoms with Gasteiger partial charge in [-0.25, -0.2) is 0 Å². The van der Waals surface area contributed by atoms with Crippen LogP contribution in [0.25, 0.3) is 11.1 Å². The van der Waals surface area contributed by atoms with Crippen LogP contribution in [-0.4, -0.2) is 23.0 Å². The lowest BCUT2D eigenvalue weighted by Gasteiger charge is -2.27. The lowest BCUT2D eigenvalue weighted by molar-refractivity contribution is -0.138. The zero-order valence-electron chi connectivity index (χ0n) is 19.3. The second-order valence-electron chi connectivity index (χ2n) is 8.81. The summed E-state index contributed by atoms with van der Waals surface area (Å²) in [5, 5.41) is 13.1. The van der Waals surface area contributed by atoms with Crippen LogP contribution in [0.3, 0.4) is 0 Å². The van der Waals surface area contributed by atoms with Crippen LogP contribution in [0.5, 0.6) is 0 Å². The Bertz CT molecular complexity index is 1120. The fourth-order valence-electron chi connectivity index (χ4n) is 4.16. The third kappa shape index (κ3) is 7.34. The molecule has 0 aliphatic carbocycles. The fraction of sp³-hybridized carbons (Fsp3) is 0.286. The Morgan fingerprint density at radius 2 is 1.50 bits per heavy atom. The van der Waals surface area contributed by atoms with Gasteiger partial charge >= 0.3 is 5.97 Å². The molecule has 0 radical (unpaired) electrons. The van der Waals surface area contributed by atoms with Gasteiger partial charge in [-0.2, -0.15) is 0 Å². The van der Waals surface area contributed by atoms with Gasteiger partial charge in [-0.15, -0.1) is 0 Å². The monoisotopic (exact) mass is 497 g/mol. The van der Waals surface area contributed by atoms with Gasteiger partial charge in [0.1, 0.15) is 0 Å². The lowest BCUT2D eigenvalue weighted by Crippen LogP contribution is -2.38. The number of halogens is 2. The molecule has 3 atom stereocenters. The molecule has 0 saturated heterocycles. The van der Waals surface area contributed by atoms with Crippen LogP contribution >= 0.6 is 23.2 Å². The summed E-state index contributed by atoms with van der Waals surface area (Å²) in [5.74, 6) is -1.30. The van der Waals surface area contributed by atoms with Gasteiger partial charge in [0.05, 0.1) is 10.0 Å². The number of carboxylic acid groups (broad SMARTS) is 1. The van der Waals surface area contributed by atoms with Crippen molar-refractivity contribution in [1.29, 1.82) is 0 Å². The molecule has 6 heteroatoms. The molecule has 0 bridgehead atoms. The second-order valence-corrected chi connectivity index (χ2v) is 9.62. The van der Waals surface area contributed by atoms with E-state index in [1.807, 2.05) is 37.3 Å². The summed E-state index contributed by atoms with van der Waals surface area (Å²) in [6, 6.07) is 24.0. The van der Waals surface area contributed by atoms with E-state index in [-0.39, 0.29) is 36.6 Å². The van der Waals surface area contributed by atoms with E-state index in [4.69, 9.17) is 28.3 Å². The summed E-state index contributed by atoms with van der Waals surface area (Å²) in [6.07, 6.45) is 0.798. The maximum Gasteiger partial charge on any atom is 0.303 e. The van der Waals surface area contributed by atoms with Crippen LogP contribution in [0.15, 0.2) is 72.8 Å². The predicted molar refractivity (Wildman–Crippen MR) is 138 cm³/mol. The highest BCUT2D eigenvalue weighted by atomic mass is 35.5. The fourth-order valence-corrected chi connectivity index (χ4v) is 4.48. The van der Waals surface area contributed by atoms with Crippen LogP contribution in [0, 0.1) is 5.92 Å². The molecule has 4 nitrogen and oxygen atoms in total. The average molecular weight is 498 g/mol. The first-order chi connectivity index (χ1) is 16.2. The molecular weight excluding hydrogens is 469 g/mol. The third-order valence-electron chi connectivity index (χ3n) is 5.93. The van der Waals surface area contributed by atoms with Crippen molar-refractivity contribution < 1.29 is 14.7 Å². The molecule has 3 aromatic rings. The number of hydrogen-bond donors (Lipinski definition) is 2. The number of amides is 1. The van der Waals surface area contributed by atoms with Crippen LogP contribution < -0.4 is 5.32 Å². The predicted octanol–water partition coefficient (Wildman–Crippen LogP) is 6.99. The third-order valence-corrected chi connectivity index (χ3v) is 6.67. The van der Waals surface area contributed by atoms with Gasteiger partial charge in [0.25, 0.3) is 0 Å². The first kappa shape index (κ1) is 25.8. The molecule has 3 aromatic carbocycles. The highest BCUT2D eigenvalue weighted by Crippen LogP contribution is 2.30. The maximum absolute atomic E-state index is 12.6. The number of benzene rings is 3. The first-order valence-electron chi connectivity index (χ1n) is 11.3. The molecule has 1 amide bonds. The number of carbonyl (C=O) groups is 2. The Hall–Kier alpha value is -2.82. The molecule has 178 valence electrons. The van der Waals surface area contributed by atoms with Gasteiger partial charge < -0.3 is 10.4 Å². The van der Waals surface area contributed by atoms with Crippen molar-refractivity contribution in [3.8, 4) is 11.1 Å². The Balaban J connectivity index is 1.82. The summed E-state index contributed by atoms with van der Waals surface area (Å²) in [5.41, 5.74) is 4.38. The van der Waals surface area contributed by atoms with Crippen molar-refractivity contribution in [1.82, 2.24) is 5.32 Å². The minimum absolute atomic E-state index is 0.0132. The standard InChI is InChI=1S/C28H29Cl2NO3/c1-18(15-28(33)34)14-27(32)31-19(2)24(16-20-8-13-25(29)26(30)17-20)23-11-9-22(10-12-23)21-6-4-3-5-7-21/h3-13,17-19,24H,14-16H2,1-2H3,(H,31,32)(H,33,34). The molecule has 3 rings (SSSR count). The van der Waals surface area contributed by atoms with Gasteiger partial charge in [-0.05, 0) is 53.6 Å². The number of rotatable bonds is 10. The first-order valence-corrected chi connectivity index (χ1v) is 12.1. The molecule has 0 heterocycles. The molecule has 0 aromatic heterocycles. The second kappa shape index (κ2) is 12.0. The van der Waals surface area contributed by atoms with E-state index in [1.54, 1.807) is 13.0 Å². The van der Waals surface area contributed by atoms with E-state index in [2.05, 4.69) is 41.7 Å². The number of carbonyl (C=O) groups excluding carboxylic acids is 1. The Labute approximate surface area is 210 Å². The van der Waals surface area contributed by atoms with Gasteiger partial charge in [-0.1, -0.05) is 90.8 Å². The van der Waals surface area contributed by atoms with Crippen molar-refractivity contribution in [2.75, 3.05) is 0 Å². The number of aliphatic carboxylic acids is 1. The maximum atomic E-state index is 12.6. The minimum atomic E-state index is -0.899. The van der Waals surface area contributed by atoms with Crippen molar-refractivity contribution >= 4 is 35.1 Å². The van der Waals surface area contributed by atoms with Gasteiger partial charge in [0.15, 0.2) is 0 Å². The number of nitrogens with one attached hydrogen (secondary N) is 1. The SMILES string of the molecule is CC(CC(=O)O)CC(=O)NC(C)C(Cc1ccc(Cl)c(Cl)c1)c1ccc(-c2ccccc2)cc1. The summed E-state index contributed by atoms with van der Waals surface area (Å²) >= 11 is 12.3. The van der Waals surface area contributed by atoms with E-state index < -0.39 is 5.97 Å². The molecular formula is C28H29Cl2NO3. The molecule has 3 unspecified atom stereocenters. The van der Waals surface area contributed by atoms with E-state index >= 15 is 0 Å². The van der Waals surface area contributed by atoms with Gasteiger partial charge in [-0.3, -0.25) is 9.59 Å². The van der Waals surface area contributed by atoms with Crippen molar-refractivity contribution in [3.63, 3.8) is 0 Å². The highest BCUT2D eigenvalue weighted by molar-refractivity contribution is 6.42. The molecule has 0 saturated carbocycles. The zero-order chi connectivity index (χ0) is 24.7.